The van der Waals surface area contributed by atoms with Gasteiger partial charge in [0.2, 0.25) is 0 Å². The molecule has 0 saturated heterocycles. The Labute approximate surface area is 144 Å². The molecule has 0 spiro atoms. The van der Waals surface area contributed by atoms with Crippen molar-refractivity contribution in [1.82, 2.24) is 20.5 Å². The van der Waals surface area contributed by atoms with Crippen LogP contribution in [0.4, 0.5) is 0 Å². The molecule has 0 atom stereocenters. The molecule has 0 aliphatic heterocycles. The molecule has 1 aliphatic rings. The minimum atomic E-state index is 0.150. The molecule has 0 saturated carbocycles. The van der Waals surface area contributed by atoms with Crippen molar-refractivity contribution in [2.45, 2.75) is 58.5 Å². The van der Waals surface area contributed by atoms with Crippen LogP contribution in [-0.4, -0.2) is 48.6 Å². The molecule has 0 amide bonds. The van der Waals surface area contributed by atoms with Crippen molar-refractivity contribution in [3.05, 3.63) is 15.6 Å². The van der Waals surface area contributed by atoms with E-state index < -0.39 is 0 Å². The van der Waals surface area contributed by atoms with Gasteiger partial charge in [-0.15, -0.1) is 11.3 Å². The van der Waals surface area contributed by atoms with Gasteiger partial charge in [0.25, 0.3) is 0 Å². The van der Waals surface area contributed by atoms with Crippen molar-refractivity contribution in [2.24, 2.45) is 4.99 Å². The van der Waals surface area contributed by atoms with Gasteiger partial charge in [-0.1, -0.05) is 0 Å². The number of thiazole rings is 1. The van der Waals surface area contributed by atoms with Crippen molar-refractivity contribution in [3.8, 4) is 0 Å². The number of nitrogens with zero attached hydrogens (tertiary/aromatic N) is 3. The first-order valence-corrected chi connectivity index (χ1v) is 9.35. The van der Waals surface area contributed by atoms with Crippen molar-refractivity contribution in [1.29, 1.82) is 0 Å². The highest BCUT2D eigenvalue weighted by Crippen LogP contribution is 2.27. The maximum atomic E-state index is 4.82. The molecule has 0 unspecified atom stereocenters. The number of fused-ring (bicyclic) bond motifs is 1. The van der Waals surface area contributed by atoms with Gasteiger partial charge in [-0.3, -0.25) is 4.99 Å². The van der Waals surface area contributed by atoms with E-state index in [0.717, 1.165) is 32.0 Å². The van der Waals surface area contributed by atoms with Gasteiger partial charge in [-0.05, 0) is 46.5 Å². The summed E-state index contributed by atoms with van der Waals surface area (Å²) in [5, 5.41) is 8.09. The second kappa shape index (κ2) is 8.11. The predicted molar refractivity (Wildman–Crippen MR) is 99.3 cm³/mol. The van der Waals surface area contributed by atoms with Gasteiger partial charge in [0.05, 0.1) is 12.2 Å². The highest BCUT2D eigenvalue weighted by Gasteiger charge is 2.17. The summed E-state index contributed by atoms with van der Waals surface area (Å²) in [6.07, 6.45) is 4.97. The largest absolute Gasteiger partial charge is 0.355 e. The monoisotopic (exact) mass is 337 g/mol. The standard InChI is InChI=1S/C17H31N5S/c1-17(2,3)20-11-10-19-16(18-4)22(5)12-15-21-13-8-6-7-9-14(13)23-15/h20H,6-12H2,1-5H3,(H,18,19). The van der Waals surface area contributed by atoms with Gasteiger partial charge in [-0.25, -0.2) is 4.98 Å². The summed E-state index contributed by atoms with van der Waals surface area (Å²) in [6, 6.07) is 0. The number of nitrogens with one attached hydrogen (secondary N) is 2. The lowest BCUT2D eigenvalue weighted by Crippen LogP contribution is -2.44. The number of aliphatic imine (C=N–C) groups is 1. The molecule has 5 nitrogen and oxygen atoms in total. The highest BCUT2D eigenvalue weighted by molar-refractivity contribution is 7.11. The number of hydrogen-bond acceptors (Lipinski definition) is 4. The molecule has 0 aromatic carbocycles. The van der Waals surface area contributed by atoms with Crippen LogP contribution in [0.2, 0.25) is 0 Å². The van der Waals surface area contributed by atoms with Crippen molar-refractivity contribution < 1.29 is 0 Å². The Hall–Kier alpha value is -1.14. The summed E-state index contributed by atoms with van der Waals surface area (Å²) in [5.41, 5.74) is 1.49. The number of guanidine groups is 1. The molecular weight excluding hydrogens is 306 g/mol. The molecule has 0 radical (unpaired) electrons. The Bertz CT molecular complexity index is 506. The zero-order valence-electron chi connectivity index (χ0n) is 15.2. The SMILES string of the molecule is CN=C(NCCNC(C)(C)C)N(C)Cc1nc2c(s1)CCCC2. The van der Waals surface area contributed by atoms with E-state index in [9.17, 15) is 0 Å². The van der Waals surface area contributed by atoms with E-state index in [1.54, 1.807) is 0 Å². The first-order chi connectivity index (χ1) is 10.9. The van der Waals surface area contributed by atoms with Gasteiger partial charge in [0.15, 0.2) is 5.96 Å². The van der Waals surface area contributed by atoms with Crippen LogP contribution in [0, 0.1) is 0 Å². The quantitative estimate of drug-likeness (QED) is 0.492. The molecular formula is C17H31N5S. The average molecular weight is 338 g/mol. The fourth-order valence-electron chi connectivity index (χ4n) is 2.75. The van der Waals surface area contributed by atoms with E-state index in [4.69, 9.17) is 4.98 Å². The third-order valence-corrected chi connectivity index (χ3v) is 5.04. The average Bonchev–Trinajstić information content (AvgIpc) is 2.88. The second-order valence-corrected chi connectivity index (χ2v) is 8.36. The van der Waals surface area contributed by atoms with Gasteiger partial charge in [0.1, 0.15) is 5.01 Å². The second-order valence-electron chi connectivity index (χ2n) is 7.19. The van der Waals surface area contributed by atoms with Gasteiger partial charge < -0.3 is 15.5 Å². The van der Waals surface area contributed by atoms with Crippen LogP contribution in [0.25, 0.3) is 0 Å². The first-order valence-electron chi connectivity index (χ1n) is 8.53. The third-order valence-electron chi connectivity index (χ3n) is 3.90. The Balaban J connectivity index is 1.83. The number of aromatic nitrogens is 1. The van der Waals surface area contributed by atoms with Crippen LogP contribution >= 0.6 is 11.3 Å². The third kappa shape index (κ3) is 5.77. The molecule has 0 bridgehead atoms. The highest BCUT2D eigenvalue weighted by atomic mass is 32.1. The summed E-state index contributed by atoms with van der Waals surface area (Å²) >= 11 is 1.88. The molecule has 1 heterocycles. The smallest absolute Gasteiger partial charge is 0.193 e. The normalized spacial score (nSPS) is 15.4. The number of rotatable bonds is 5. The van der Waals surface area contributed by atoms with Crippen molar-refractivity contribution in [3.63, 3.8) is 0 Å². The fourth-order valence-corrected chi connectivity index (χ4v) is 3.96. The molecule has 1 aliphatic carbocycles. The first kappa shape index (κ1) is 18.2. The van der Waals surface area contributed by atoms with Crippen molar-refractivity contribution >= 4 is 17.3 Å². The van der Waals surface area contributed by atoms with Crippen LogP contribution in [0.5, 0.6) is 0 Å². The maximum Gasteiger partial charge on any atom is 0.193 e. The lowest BCUT2D eigenvalue weighted by Gasteiger charge is -2.23. The summed E-state index contributed by atoms with van der Waals surface area (Å²) in [7, 11) is 3.91. The molecule has 0 fully saturated rings. The van der Waals surface area contributed by atoms with E-state index in [1.807, 2.05) is 18.4 Å². The van der Waals surface area contributed by atoms with E-state index in [0.29, 0.717) is 0 Å². The number of hydrogen-bond donors (Lipinski definition) is 2. The molecule has 23 heavy (non-hydrogen) atoms. The Morgan fingerprint density at radius 2 is 2.00 bits per heavy atom. The summed E-state index contributed by atoms with van der Waals surface area (Å²) in [6.45, 7) is 9.14. The van der Waals surface area contributed by atoms with Crippen LogP contribution in [-0.2, 0) is 19.4 Å². The van der Waals surface area contributed by atoms with Crippen LogP contribution < -0.4 is 10.6 Å². The molecule has 1 aromatic rings. The molecule has 6 heteroatoms. The molecule has 2 N–H and O–H groups in total. The summed E-state index contributed by atoms with van der Waals surface area (Å²) in [5.74, 6) is 0.925. The zero-order valence-corrected chi connectivity index (χ0v) is 16.0. The topological polar surface area (TPSA) is 52.6 Å². The Morgan fingerprint density at radius 3 is 2.65 bits per heavy atom. The zero-order chi connectivity index (χ0) is 16.9. The molecule has 2 rings (SSSR count). The predicted octanol–water partition coefficient (Wildman–Crippen LogP) is 2.42. The maximum absolute atomic E-state index is 4.82. The Morgan fingerprint density at radius 1 is 1.26 bits per heavy atom. The molecule has 130 valence electrons. The van der Waals surface area contributed by atoms with Gasteiger partial charge >= 0.3 is 0 Å². The summed E-state index contributed by atoms with van der Waals surface area (Å²) in [4.78, 5) is 12.8. The minimum absolute atomic E-state index is 0.150. The van der Waals surface area contributed by atoms with E-state index >= 15 is 0 Å². The lowest BCUT2D eigenvalue weighted by molar-refractivity contribution is 0.422. The van der Waals surface area contributed by atoms with E-state index in [2.05, 4.69) is 48.3 Å². The van der Waals surface area contributed by atoms with Crippen LogP contribution in [0.15, 0.2) is 4.99 Å². The van der Waals surface area contributed by atoms with Gasteiger partial charge in [-0.2, -0.15) is 0 Å². The van der Waals surface area contributed by atoms with Crippen LogP contribution in [0.3, 0.4) is 0 Å². The van der Waals surface area contributed by atoms with Crippen LogP contribution in [0.1, 0.15) is 49.2 Å². The van der Waals surface area contributed by atoms with Crippen molar-refractivity contribution in [2.75, 3.05) is 27.2 Å². The van der Waals surface area contributed by atoms with Gasteiger partial charge in [0, 0.05) is 37.6 Å². The lowest BCUT2D eigenvalue weighted by atomic mass is 10.0. The van der Waals surface area contributed by atoms with E-state index in [-0.39, 0.29) is 5.54 Å². The summed E-state index contributed by atoms with van der Waals surface area (Å²) < 4.78 is 0. The fraction of sp³-hybridized carbons (Fsp3) is 0.765. The van der Waals surface area contributed by atoms with E-state index in [1.165, 1.54) is 34.8 Å². The molecule has 1 aromatic heterocycles. The Kier molecular flexibility index (Phi) is 6.41. The minimum Gasteiger partial charge on any atom is -0.355 e. The number of aryl methyl sites for hydroxylation is 2.